The third-order valence-electron chi connectivity index (χ3n) is 6.58. The van der Waals surface area contributed by atoms with Gasteiger partial charge in [0.2, 0.25) is 5.91 Å². The standard InChI is InChI=1S/C23H28F2N4O3S.ClH/c1-33(31,32)21-14-19(24)17(13-20(21)25)12-16-4-2-3-9-29(23(16)30)18-5-10-28(11-6-18)22-15-26-7-8-27-22;/h7-8,13-16,18H,2-6,9-12H2,1H3;1H/t16-;/m1./s1. The van der Waals surface area contributed by atoms with Crippen LogP contribution in [0.1, 0.15) is 37.7 Å². The number of rotatable bonds is 5. The Hall–Kier alpha value is -2.33. The zero-order valence-corrected chi connectivity index (χ0v) is 20.6. The number of hydrogen-bond donors (Lipinski definition) is 0. The quantitative estimate of drug-likeness (QED) is 0.608. The van der Waals surface area contributed by atoms with Gasteiger partial charge in [-0.05, 0) is 49.8 Å². The molecular weight excluding hydrogens is 486 g/mol. The van der Waals surface area contributed by atoms with Crippen molar-refractivity contribution in [1.29, 1.82) is 0 Å². The Kier molecular flexibility index (Phi) is 8.46. The molecule has 1 aromatic carbocycles. The van der Waals surface area contributed by atoms with Crippen molar-refractivity contribution >= 4 is 34.0 Å². The summed E-state index contributed by atoms with van der Waals surface area (Å²) in [6, 6.07) is 1.74. The van der Waals surface area contributed by atoms with Gasteiger partial charge in [0.25, 0.3) is 0 Å². The number of amides is 1. The van der Waals surface area contributed by atoms with Crippen molar-refractivity contribution in [2.45, 2.75) is 49.5 Å². The second kappa shape index (κ2) is 10.9. The molecule has 186 valence electrons. The van der Waals surface area contributed by atoms with Gasteiger partial charge in [-0.25, -0.2) is 22.2 Å². The first-order valence-corrected chi connectivity index (χ1v) is 13.1. The van der Waals surface area contributed by atoms with Gasteiger partial charge < -0.3 is 9.80 Å². The van der Waals surface area contributed by atoms with E-state index in [1.54, 1.807) is 18.6 Å². The van der Waals surface area contributed by atoms with Gasteiger partial charge in [-0.1, -0.05) is 6.42 Å². The van der Waals surface area contributed by atoms with Crippen LogP contribution in [-0.4, -0.2) is 61.1 Å². The zero-order valence-electron chi connectivity index (χ0n) is 19.0. The molecule has 11 heteroatoms. The highest BCUT2D eigenvalue weighted by molar-refractivity contribution is 7.90. The molecule has 2 fully saturated rings. The number of anilines is 1. The second-order valence-electron chi connectivity index (χ2n) is 8.86. The lowest BCUT2D eigenvalue weighted by molar-refractivity contribution is -0.137. The molecule has 1 atom stereocenters. The van der Waals surface area contributed by atoms with Crippen LogP contribution >= 0.6 is 12.4 Å². The average molecular weight is 515 g/mol. The molecule has 0 unspecified atom stereocenters. The van der Waals surface area contributed by atoms with E-state index in [2.05, 4.69) is 14.9 Å². The van der Waals surface area contributed by atoms with Crippen LogP contribution < -0.4 is 4.90 Å². The third-order valence-corrected chi connectivity index (χ3v) is 7.69. The van der Waals surface area contributed by atoms with Crippen LogP contribution in [0.5, 0.6) is 0 Å². The van der Waals surface area contributed by atoms with E-state index in [1.807, 2.05) is 4.90 Å². The number of nitrogens with zero attached hydrogens (tertiary/aromatic N) is 4. The van der Waals surface area contributed by atoms with Gasteiger partial charge in [-0.3, -0.25) is 9.78 Å². The first-order chi connectivity index (χ1) is 15.7. The van der Waals surface area contributed by atoms with Crippen LogP contribution in [-0.2, 0) is 21.1 Å². The molecule has 0 radical (unpaired) electrons. The molecule has 2 aliphatic heterocycles. The molecule has 1 amide bonds. The van der Waals surface area contributed by atoms with Crippen molar-refractivity contribution in [2.75, 3.05) is 30.8 Å². The SMILES string of the molecule is CS(=O)(=O)c1cc(F)c(C[C@H]2CCCCN(C3CCN(c4cnccn4)CC3)C2=O)cc1F.Cl. The Morgan fingerprint density at radius 2 is 1.76 bits per heavy atom. The van der Waals surface area contributed by atoms with E-state index in [0.29, 0.717) is 13.0 Å². The smallest absolute Gasteiger partial charge is 0.226 e. The Bertz CT molecular complexity index is 1110. The largest absolute Gasteiger partial charge is 0.355 e. The minimum Gasteiger partial charge on any atom is -0.355 e. The molecule has 0 spiro atoms. The lowest BCUT2D eigenvalue weighted by Crippen LogP contribution is -2.49. The number of halogens is 3. The van der Waals surface area contributed by atoms with Crippen molar-refractivity contribution in [3.63, 3.8) is 0 Å². The van der Waals surface area contributed by atoms with E-state index < -0.39 is 32.3 Å². The summed E-state index contributed by atoms with van der Waals surface area (Å²) >= 11 is 0. The summed E-state index contributed by atoms with van der Waals surface area (Å²) in [6.07, 6.45) is 9.84. The summed E-state index contributed by atoms with van der Waals surface area (Å²) in [6.45, 7) is 2.20. The molecule has 2 saturated heterocycles. The molecule has 34 heavy (non-hydrogen) atoms. The van der Waals surface area contributed by atoms with Gasteiger partial charge in [0.1, 0.15) is 22.3 Å². The van der Waals surface area contributed by atoms with E-state index in [-0.39, 0.29) is 36.3 Å². The van der Waals surface area contributed by atoms with Gasteiger partial charge in [0, 0.05) is 50.2 Å². The topological polar surface area (TPSA) is 83.5 Å². The monoisotopic (exact) mass is 514 g/mol. The van der Waals surface area contributed by atoms with Crippen molar-refractivity contribution in [1.82, 2.24) is 14.9 Å². The van der Waals surface area contributed by atoms with Gasteiger partial charge in [0.15, 0.2) is 9.84 Å². The number of carbonyl (C=O) groups is 1. The van der Waals surface area contributed by atoms with Crippen molar-refractivity contribution < 1.29 is 22.0 Å². The first-order valence-electron chi connectivity index (χ1n) is 11.2. The summed E-state index contributed by atoms with van der Waals surface area (Å²) < 4.78 is 52.3. The zero-order chi connectivity index (χ0) is 23.6. The summed E-state index contributed by atoms with van der Waals surface area (Å²) in [5.41, 5.74) is 0.0394. The summed E-state index contributed by atoms with van der Waals surface area (Å²) in [4.78, 5) is 25.3. The number of sulfone groups is 1. The fourth-order valence-electron chi connectivity index (χ4n) is 4.83. The van der Waals surface area contributed by atoms with Gasteiger partial charge in [0.05, 0.1) is 6.20 Å². The van der Waals surface area contributed by atoms with Crippen molar-refractivity contribution in [3.05, 3.63) is 47.9 Å². The maximum atomic E-state index is 14.6. The van der Waals surface area contributed by atoms with E-state index in [1.165, 1.54) is 0 Å². The number of likely N-dealkylation sites (tertiary alicyclic amines) is 1. The van der Waals surface area contributed by atoms with Crippen LogP contribution in [0.4, 0.5) is 14.6 Å². The van der Waals surface area contributed by atoms with Gasteiger partial charge in [-0.15, -0.1) is 12.4 Å². The lowest BCUT2D eigenvalue weighted by atomic mass is 9.93. The number of piperidine rings is 1. The number of benzene rings is 1. The van der Waals surface area contributed by atoms with Crippen LogP contribution in [0.25, 0.3) is 0 Å². The minimum atomic E-state index is -3.87. The molecule has 0 saturated carbocycles. The third kappa shape index (κ3) is 5.83. The van der Waals surface area contributed by atoms with Crippen LogP contribution in [0.3, 0.4) is 0 Å². The maximum absolute atomic E-state index is 14.6. The van der Waals surface area contributed by atoms with Crippen molar-refractivity contribution in [3.8, 4) is 0 Å². The summed E-state index contributed by atoms with van der Waals surface area (Å²) in [7, 11) is -3.87. The molecule has 2 aliphatic rings. The predicted molar refractivity (Wildman–Crippen MR) is 127 cm³/mol. The second-order valence-corrected chi connectivity index (χ2v) is 10.8. The summed E-state index contributed by atoms with van der Waals surface area (Å²) in [5, 5.41) is 0. The normalized spacial score (nSPS) is 20.1. The molecule has 2 aromatic rings. The highest BCUT2D eigenvalue weighted by Gasteiger charge is 2.34. The van der Waals surface area contributed by atoms with Crippen molar-refractivity contribution in [2.24, 2.45) is 5.92 Å². The van der Waals surface area contributed by atoms with E-state index in [0.717, 1.165) is 63.0 Å². The highest BCUT2D eigenvalue weighted by atomic mass is 35.5. The van der Waals surface area contributed by atoms with Crippen LogP contribution in [0.2, 0.25) is 0 Å². The molecular formula is C23H29ClF2N4O3S. The number of aromatic nitrogens is 2. The molecule has 0 aliphatic carbocycles. The molecule has 3 heterocycles. The minimum absolute atomic E-state index is 0. The first kappa shape index (κ1) is 26.3. The van der Waals surface area contributed by atoms with E-state index in [9.17, 15) is 22.0 Å². The number of carbonyl (C=O) groups excluding carboxylic acids is 1. The van der Waals surface area contributed by atoms with E-state index in [4.69, 9.17) is 0 Å². The Morgan fingerprint density at radius 1 is 1.03 bits per heavy atom. The maximum Gasteiger partial charge on any atom is 0.226 e. The summed E-state index contributed by atoms with van der Waals surface area (Å²) in [5.74, 6) is -1.44. The molecule has 0 bridgehead atoms. The van der Waals surface area contributed by atoms with Crippen LogP contribution in [0, 0.1) is 17.6 Å². The number of hydrogen-bond acceptors (Lipinski definition) is 6. The predicted octanol–water partition coefficient (Wildman–Crippen LogP) is 3.42. The fraction of sp³-hybridized carbons (Fsp3) is 0.522. The molecule has 0 N–H and O–H groups in total. The Morgan fingerprint density at radius 3 is 2.41 bits per heavy atom. The molecule has 1 aromatic heterocycles. The van der Waals surface area contributed by atoms with Gasteiger partial charge >= 0.3 is 0 Å². The van der Waals surface area contributed by atoms with E-state index >= 15 is 0 Å². The van der Waals surface area contributed by atoms with Gasteiger partial charge in [-0.2, -0.15) is 0 Å². The molecule has 4 rings (SSSR count). The Balaban J connectivity index is 0.00000324. The molecule has 7 nitrogen and oxygen atoms in total. The van der Waals surface area contributed by atoms with Crippen LogP contribution in [0.15, 0.2) is 35.6 Å². The highest BCUT2D eigenvalue weighted by Crippen LogP contribution is 2.29. The average Bonchev–Trinajstić information content (AvgIpc) is 2.97. The Labute approximate surface area is 204 Å². The fourth-order valence-corrected chi connectivity index (χ4v) is 5.56. The lowest BCUT2D eigenvalue weighted by Gasteiger charge is -2.39.